The Morgan fingerprint density at radius 2 is 2.24 bits per heavy atom. The first-order chi connectivity index (χ1) is 10.2. The molecule has 7 nitrogen and oxygen atoms in total. The van der Waals surface area contributed by atoms with E-state index in [9.17, 15) is 4.79 Å². The van der Waals surface area contributed by atoms with Crippen molar-refractivity contribution in [2.45, 2.75) is 6.92 Å². The van der Waals surface area contributed by atoms with Crippen molar-refractivity contribution in [3.8, 4) is 11.6 Å². The van der Waals surface area contributed by atoms with Gasteiger partial charge in [0.05, 0.1) is 24.9 Å². The van der Waals surface area contributed by atoms with E-state index in [2.05, 4.69) is 10.2 Å². The van der Waals surface area contributed by atoms with Gasteiger partial charge < -0.3 is 9.47 Å². The van der Waals surface area contributed by atoms with E-state index in [4.69, 9.17) is 9.47 Å². The van der Waals surface area contributed by atoms with Crippen LogP contribution in [0, 0.1) is 0 Å². The molecule has 0 fully saturated rings. The number of aromatic nitrogens is 4. The molecule has 3 rings (SSSR count). The summed E-state index contributed by atoms with van der Waals surface area (Å²) in [6.45, 7) is 2.05. The summed E-state index contributed by atoms with van der Waals surface area (Å²) >= 11 is 0. The molecule has 0 aliphatic carbocycles. The molecule has 0 aliphatic heterocycles. The number of hydrogen-bond donors (Lipinski definition) is 0. The Hall–Kier alpha value is -2.83. The molecule has 0 saturated heterocycles. The van der Waals surface area contributed by atoms with Crippen LogP contribution in [-0.2, 0) is 4.74 Å². The van der Waals surface area contributed by atoms with Crippen LogP contribution in [0.1, 0.15) is 17.3 Å². The van der Waals surface area contributed by atoms with Gasteiger partial charge in [0.25, 0.3) is 0 Å². The number of ether oxygens (including phenoxy) is 2. The number of methoxy groups -OCH3 is 1. The SMILES string of the molecule is CCOC(=O)c1cn(-c2ccn3nccc3c2)nc1OC. The van der Waals surface area contributed by atoms with Crippen LogP contribution in [0.25, 0.3) is 11.2 Å². The molecule has 0 unspecified atom stereocenters. The second kappa shape index (κ2) is 5.28. The van der Waals surface area contributed by atoms with Gasteiger partial charge in [0, 0.05) is 18.6 Å². The highest BCUT2D eigenvalue weighted by atomic mass is 16.5. The standard InChI is InChI=1S/C14H14N4O3/c1-3-21-14(19)12-9-18(16-13(12)20-2)11-5-7-17-10(8-11)4-6-15-17/h4-9H,3H2,1-2H3. The number of carbonyl (C=O) groups excluding carboxylic acids is 1. The Labute approximate surface area is 120 Å². The van der Waals surface area contributed by atoms with Gasteiger partial charge in [0.1, 0.15) is 5.56 Å². The summed E-state index contributed by atoms with van der Waals surface area (Å²) in [4.78, 5) is 11.9. The number of fused-ring (bicyclic) bond motifs is 1. The average molecular weight is 286 g/mol. The minimum Gasteiger partial charge on any atom is -0.479 e. The Morgan fingerprint density at radius 1 is 1.38 bits per heavy atom. The van der Waals surface area contributed by atoms with Gasteiger partial charge in [-0.25, -0.2) is 14.0 Å². The van der Waals surface area contributed by atoms with Crippen LogP contribution in [0.5, 0.6) is 5.88 Å². The summed E-state index contributed by atoms with van der Waals surface area (Å²) < 4.78 is 13.5. The number of esters is 1. The Bertz CT molecular complexity index is 790. The largest absolute Gasteiger partial charge is 0.479 e. The Kier molecular flexibility index (Phi) is 3.31. The minimum absolute atomic E-state index is 0.238. The first kappa shape index (κ1) is 13.2. The fraction of sp³-hybridized carbons (Fsp3) is 0.214. The van der Waals surface area contributed by atoms with Gasteiger partial charge in [0.15, 0.2) is 0 Å². The Morgan fingerprint density at radius 3 is 3.00 bits per heavy atom. The third-order valence-electron chi connectivity index (χ3n) is 3.02. The molecule has 108 valence electrons. The maximum atomic E-state index is 11.9. The predicted octanol–water partition coefficient (Wildman–Crippen LogP) is 1.71. The molecule has 3 aromatic rings. The molecule has 0 atom stereocenters. The smallest absolute Gasteiger partial charge is 0.345 e. The van der Waals surface area contributed by atoms with Crippen molar-refractivity contribution in [3.05, 3.63) is 42.4 Å². The average Bonchev–Trinajstić information content (AvgIpc) is 3.13. The zero-order valence-electron chi connectivity index (χ0n) is 11.7. The summed E-state index contributed by atoms with van der Waals surface area (Å²) in [6, 6.07) is 5.65. The van der Waals surface area contributed by atoms with E-state index < -0.39 is 5.97 Å². The molecule has 3 heterocycles. The van der Waals surface area contributed by atoms with Crippen molar-refractivity contribution >= 4 is 11.5 Å². The van der Waals surface area contributed by atoms with E-state index in [0.29, 0.717) is 12.2 Å². The minimum atomic E-state index is -0.453. The van der Waals surface area contributed by atoms with Crippen molar-refractivity contribution < 1.29 is 14.3 Å². The van der Waals surface area contributed by atoms with Crippen LogP contribution in [-0.4, -0.2) is 39.1 Å². The quantitative estimate of drug-likeness (QED) is 0.683. The molecular formula is C14H14N4O3. The molecule has 0 radical (unpaired) electrons. The van der Waals surface area contributed by atoms with Gasteiger partial charge in [-0.05, 0) is 25.1 Å². The molecule has 0 aromatic carbocycles. The summed E-state index contributed by atoms with van der Waals surface area (Å²) in [5.41, 5.74) is 2.03. The first-order valence-corrected chi connectivity index (χ1v) is 6.47. The fourth-order valence-corrected chi connectivity index (χ4v) is 2.04. The number of nitrogens with zero attached hydrogens (tertiary/aromatic N) is 4. The van der Waals surface area contributed by atoms with Crippen molar-refractivity contribution in [2.24, 2.45) is 0 Å². The van der Waals surface area contributed by atoms with Crippen molar-refractivity contribution in [2.75, 3.05) is 13.7 Å². The summed E-state index contributed by atoms with van der Waals surface area (Å²) in [5, 5.41) is 8.39. The maximum Gasteiger partial charge on any atom is 0.345 e. The number of pyridine rings is 1. The second-order valence-corrected chi connectivity index (χ2v) is 4.30. The van der Waals surface area contributed by atoms with E-state index in [-0.39, 0.29) is 5.88 Å². The lowest BCUT2D eigenvalue weighted by Gasteiger charge is -2.01. The van der Waals surface area contributed by atoms with Crippen LogP contribution in [0.4, 0.5) is 0 Å². The lowest BCUT2D eigenvalue weighted by molar-refractivity contribution is 0.0522. The summed E-state index contributed by atoms with van der Waals surface area (Å²) in [5.74, 6) is -0.215. The van der Waals surface area contributed by atoms with Gasteiger partial charge >= 0.3 is 5.97 Å². The van der Waals surface area contributed by atoms with Crippen LogP contribution >= 0.6 is 0 Å². The Balaban J connectivity index is 2.03. The van der Waals surface area contributed by atoms with E-state index in [1.165, 1.54) is 7.11 Å². The topological polar surface area (TPSA) is 70.7 Å². The highest BCUT2D eigenvalue weighted by Gasteiger charge is 2.19. The van der Waals surface area contributed by atoms with Crippen LogP contribution in [0.3, 0.4) is 0 Å². The van der Waals surface area contributed by atoms with Gasteiger partial charge in [0.2, 0.25) is 5.88 Å². The fourth-order valence-electron chi connectivity index (χ4n) is 2.04. The third-order valence-corrected chi connectivity index (χ3v) is 3.02. The van der Waals surface area contributed by atoms with E-state index >= 15 is 0 Å². The van der Waals surface area contributed by atoms with Crippen molar-refractivity contribution in [1.29, 1.82) is 0 Å². The molecular weight excluding hydrogens is 272 g/mol. The molecule has 0 amide bonds. The first-order valence-electron chi connectivity index (χ1n) is 6.47. The lowest BCUT2D eigenvalue weighted by atomic mass is 10.3. The van der Waals surface area contributed by atoms with Gasteiger partial charge in [-0.1, -0.05) is 0 Å². The summed E-state index contributed by atoms with van der Waals surface area (Å²) in [7, 11) is 1.47. The van der Waals surface area contributed by atoms with Gasteiger partial charge in [-0.15, -0.1) is 5.10 Å². The predicted molar refractivity (Wildman–Crippen MR) is 74.8 cm³/mol. The third kappa shape index (κ3) is 2.33. The maximum absolute atomic E-state index is 11.9. The number of hydrogen-bond acceptors (Lipinski definition) is 5. The molecule has 0 N–H and O–H groups in total. The molecule has 0 bridgehead atoms. The van der Waals surface area contributed by atoms with Crippen molar-refractivity contribution in [1.82, 2.24) is 19.4 Å². The zero-order chi connectivity index (χ0) is 14.8. The van der Waals surface area contributed by atoms with Gasteiger partial charge in [-0.2, -0.15) is 5.10 Å². The monoisotopic (exact) mass is 286 g/mol. The molecule has 0 saturated carbocycles. The van der Waals surface area contributed by atoms with Gasteiger partial charge in [-0.3, -0.25) is 0 Å². The van der Waals surface area contributed by atoms with E-state index in [1.54, 1.807) is 28.5 Å². The van der Waals surface area contributed by atoms with Crippen LogP contribution in [0.2, 0.25) is 0 Å². The number of rotatable bonds is 4. The van der Waals surface area contributed by atoms with Crippen LogP contribution in [0.15, 0.2) is 36.8 Å². The zero-order valence-corrected chi connectivity index (χ0v) is 11.7. The number of carbonyl (C=O) groups is 1. The molecule has 0 aliphatic rings. The molecule has 0 spiro atoms. The van der Waals surface area contributed by atoms with E-state index in [1.807, 2.05) is 24.4 Å². The molecule has 3 aromatic heterocycles. The van der Waals surface area contributed by atoms with Crippen LogP contribution < -0.4 is 4.74 Å². The summed E-state index contributed by atoms with van der Waals surface area (Å²) in [6.07, 6.45) is 5.13. The molecule has 21 heavy (non-hydrogen) atoms. The molecule has 7 heteroatoms. The lowest BCUT2D eigenvalue weighted by Crippen LogP contribution is -2.05. The van der Waals surface area contributed by atoms with E-state index in [0.717, 1.165) is 11.2 Å². The highest BCUT2D eigenvalue weighted by Crippen LogP contribution is 2.20. The highest BCUT2D eigenvalue weighted by molar-refractivity contribution is 5.91. The van der Waals surface area contributed by atoms with Crippen molar-refractivity contribution in [3.63, 3.8) is 0 Å². The second-order valence-electron chi connectivity index (χ2n) is 4.30. The normalized spacial score (nSPS) is 10.8.